The maximum atomic E-state index is 11.6. The van der Waals surface area contributed by atoms with Gasteiger partial charge in [-0.2, -0.15) is 0 Å². The minimum absolute atomic E-state index is 0.369. The van der Waals surface area contributed by atoms with Gasteiger partial charge in [-0.15, -0.1) is 0 Å². The summed E-state index contributed by atoms with van der Waals surface area (Å²) in [5.41, 5.74) is 3.33. The second-order valence-electron chi connectivity index (χ2n) is 5.27. The molecule has 5 nitrogen and oxygen atoms in total. The Morgan fingerprint density at radius 2 is 2.09 bits per heavy atom. The smallest absolute Gasteiger partial charge is 0.337 e. The number of benzene rings is 1. The molecule has 1 aromatic carbocycles. The molecule has 0 amide bonds. The van der Waals surface area contributed by atoms with Crippen molar-refractivity contribution in [3.8, 4) is 0 Å². The Hall–Kier alpha value is -1.85. The van der Waals surface area contributed by atoms with Crippen LogP contribution < -0.4 is 0 Å². The zero-order valence-corrected chi connectivity index (χ0v) is 13.9. The zero-order valence-electron chi connectivity index (χ0n) is 13.1. The molecule has 0 fully saturated rings. The molecule has 0 saturated carbocycles. The van der Waals surface area contributed by atoms with Crippen LogP contribution in [0, 0.1) is 13.8 Å². The highest BCUT2D eigenvalue weighted by molar-refractivity contribution is 6.31. The van der Waals surface area contributed by atoms with Crippen molar-refractivity contribution >= 4 is 17.6 Å². The molecule has 0 unspecified atom stereocenters. The molecule has 0 aliphatic carbocycles. The van der Waals surface area contributed by atoms with Gasteiger partial charge in [-0.05, 0) is 44.7 Å². The van der Waals surface area contributed by atoms with Gasteiger partial charge >= 0.3 is 5.97 Å². The molecule has 118 valence electrons. The largest absolute Gasteiger partial charge is 0.465 e. The van der Waals surface area contributed by atoms with E-state index < -0.39 is 0 Å². The second-order valence-corrected chi connectivity index (χ2v) is 5.68. The Morgan fingerprint density at radius 1 is 1.36 bits per heavy atom. The Kier molecular flexibility index (Phi) is 5.21. The number of aryl methyl sites for hydroxylation is 2. The third-order valence-electron chi connectivity index (χ3n) is 3.52. The number of carbonyl (C=O) groups is 1. The summed E-state index contributed by atoms with van der Waals surface area (Å²) < 4.78 is 9.91. The van der Waals surface area contributed by atoms with Crippen LogP contribution in [-0.4, -0.2) is 30.2 Å². The molecule has 2 rings (SSSR count). The molecule has 1 heterocycles. The fraction of sp³-hybridized carbons (Fsp3) is 0.375. The molecule has 0 atom stereocenters. The first-order valence-corrected chi connectivity index (χ1v) is 7.27. The first-order chi connectivity index (χ1) is 10.4. The maximum Gasteiger partial charge on any atom is 0.337 e. The van der Waals surface area contributed by atoms with E-state index in [4.69, 9.17) is 20.9 Å². The van der Waals surface area contributed by atoms with E-state index in [0.29, 0.717) is 23.7 Å². The van der Waals surface area contributed by atoms with Crippen molar-refractivity contribution in [3.63, 3.8) is 0 Å². The van der Waals surface area contributed by atoms with E-state index in [0.717, 1.165) is 22.6 Å². The van der Waals surface area contributed by atoms with Crippen LogP contribution in [0.25, 0.3) is 0 Å². The summed E-state index contributed by atoms with van der Waals surface area (Å²) in [4.78, 5) is 13.7. The SMILES string of the molecule is COC(=O)c1ccc(Cl)c(CN(C)Cc2c(C)noc2C)c1. The highest BCUT2D eigenvalue weighted by Crippen LogP contribution is 2.21. The molecule has 2 aromatic rings. The third-order valence-corrected chi connectivity index (χ3v) is 3.89. The van der Waals surface area contributed by atoms with Crippen LogP contribution in [0.2, 0.25) is 5.02 Å². The molecule has 0 aliphatic heterocycles. The Balaban J connectivity index is 2.14. The lowest BCUT2D eigenvalue weighted by molar-refractivity contribution is 0.0600. The number of aromatic nitrogens is 1. The number of hydrogen-bond donors (Lipinski definition) is 0. The van der Waals surface area contributed by atoms with Crippen LogP contribution in [0.3, 0.4) is 0 Å². The van der Waals surface area contributed by atoms with Crippen molar-refractivity contribution in [2.24, 2.45) is 0 Å². The predicted octanol–water partition coefficient (Wildman–Crippen LogP) is 3.36. The van der Waals surface area contributed by atoms with E-state index >= 15 is 0 Å². The normalized spacial score (nSPS) is 11.0. The molecule has 1 aromatic heterocycles. The quantitative estimate of drug-likeness (QED) is 0.790. The summed E-state index contributed by atoms with van der Waals surface area (Å²) in [6, 6.07) is 5.14. The van der Waals surface area contributed by atoms with E-state index in [1.807, 2.05) is 20.9 Å². The summed E-state index contributed by atoms with van der Waals surface area (Å²) in [6.07, 6.45) is 0. The molecule has 22 heavy (non-hydrogen) atoms. The first-order valence-electron chi connectivity index (χ1n) is 6.89. The third kappa shape index (κ3) is 3.67. The number of carbonyl (C=O) groups excluding carboxylic acids is 1. The highest BCUT2D eigenvalue weighted by atomic mass is 35.5. The highest BCUT2D eigenvalue weighted by Gasteiger charge is 2.14. The van der Waals surface area contributed by atoms with Gasteiger partial charge in [-0.3, -0.25) is 4.90 Å². The van der Waals surface area contributed by atoms with Gasteiger partial charge in [0.2, 0.25) is 0 Å². The van der Waals surface area contributed by atoms with Crippen molar-refractivity contribution in [2.45, 2.75) is 26.9 Å². The monoisotopic (exact) mass is 322 g/mol. The lowest BCUT2D eigenvalue weighted by Crippen LogP contribution is -2.18. The molecule has 0 bridgehead atoms. The topological polar surface area (TPSA) is 55.6 Å². The standard InChI is InChI=1S/C16H19ClN2O3/c1-10-14(11(2)22-18-10)9-19(3)8-13-7-12(16(20)21-4)5-6-15(13)17/h5-7H,8-9H2,1-4H3. The van der Waals surface area contributed by atoms with Gasteiger partial charge in [0.25, 0.3) is 0 Å². The number of methoxy groups -OCH3 is 1. The van der Waals surface area contributed by atoms with Gasteiger partial charge in [0.05, 0.1) is 18.4 Å². The van der Waals surface area contributed by atoms with Crippen molar-refractivity contribution < 1.29 is 14.1 Å². The fourth-order valence-corrected chi connectivity index (χ4v) is 2.46. The number of rotatable bonds is 5. The van der Waals surface area contributed by atoms with Gasteiger partial charge in [0.1, 0.15) is 5.76 Å². The van der Waals surface area contributed by atoms with Gasteiger partial charge < -0.3 is 9.26 Å². The van der Waals surface area contributed by atoms with Crippen LogP contribution in [-0.2, 0) is 17.8 Å². The Labute approximate surface area is 134 Å². The van der Waals surface area contributed by atoms with Crippen molar-refractivity contribution in [2.75, 3.05) is 14.2 Å². The number of esters is 1. The second kappa shape index (κ2) is 6.94. The first kappa shape index (κ1) is 16.5. The van der Waals surface area contributed by atoms with Gasteiger partial charge in [0.15, 0.2) is 0 Å². The molecule has 0 aliphatic rings. The van der Waals surface area contributed by atoms with Crippen molar-refractivity contribution in [3.05, 3.63) is 51.4 Å². The average molecular weight is 323 g/mol. The molecule has 0 radical (unpaired) electrons. The lowest BCUT2D eigenvalue weighted by Gasteiger charge is -2.17. The van der Waals surface area contributed by atoms with Gasteiger partial charge in [0, 0.05) is 23.7 Å². The molecule has 6 heteroatoms. The lowest BCUT2D eigenvalue weighted by atomic mass is 10.1. The van der Waals surface area contributed by atoms with E-state index in [1.54, 1.807) is 18.2 Å². The summed E-state index contributed by atoms with van der Waals surface area (Å²) >= 11 is 6.22. The van der Waals surface area contributed by atoms with Crippen LogP contribution in [0.15, 0.2) is 22.7 Å². The molecule has 0 N–H and O–H groups in total. The molecular weight excluding hydrogens is 304 g/mol. The molecule has 0 saturated heterocycles. The number of halogens is 1. The van der Waals surface area contributed by atoms with E-state index in [9.17, 15) is 4.79 Å². The van der Waals surface area contributed by atoms with Crippen LogP contribution >= 0.6 is 11.6 Å². The average Bonchev–Trinajstić information content (AvgIpc) is 2.80. The van der Waals surface area contributed by atoms with E-state index in [1.165, 1.54) is 7.11 Å². The summed E-state index contributed by atoms with van der Waals surface area (Å²) in [6.45, 7) is 5.12. The van der Waals surface area contributed by atoms with Gasteiger partial charge in [-0.1, -0.05) is 16.8 Å². The van der Waals surface area contributed by atoms with Gasteiger partial charge in [-0.25, -0.2) is 4.79 Å². The zero-order chi connectivity index (χ0) is 16.3. The van der Waals surface area contributed by atoms with Crippen molar-refractivity contribution in [1.29, 1.82) is 0 Å². The summed E-state index contributed by atoms with van der Waals surface area (Å²) in [5.74, 6) is 0.449. The Bertz CT molecular complexity index is 663. The summed E-state index contributed by atoms with van der Waals surface area (Å²) in [7, 11) is 3.34. The fourth-order valence-electron chi connectivity index (χ4n) is 2.28. The Morgan fingerprint density at radius 3 is 2.68 bits per heavy atom. The van der Waals surface area contributed by atoms with Crippen LogP contribution in [0.4, 0.5) is 0 Å². The molecule has 0 spiro atoms. The minimum Gasteiger partial charge on any atom is -0.465 e. The van der Waals surface area contributed by atoms with Crippen LogP contribution in [0.5, 0.6) is 0 Å². The number of hydrogen-bond acceptors (Lipinski definition) is 5. The molecular formula is C16H19ClN2O3. The van der Waals surface area contributed by atoms with E-state index in [2.05, 4.69) is 10.1 Å². The maximum absolute atomic E-state index is 11.6. The summed E-state index contributed by atoms with van der Waals surface area (Å²) in [5, 5.41) is 4.58. The number of nitrogens with zero attached hydrogens (tertiary/aromatic N) is 2. The van der Waals surface area contributed by atoms with E-state index in [-0.39, 0.29) is 5.97 Å². The predicted molar refractivity (Wildman–Crippen MR) is 83.9 cm³/mol. The number of ether oxygens (including phenoxy) is 1. The van der Waals surface area contributed by atoms with Crippen LogP contribution in [0.1, 0.15) is 32.9 Å². The minimum atomic E-state index is -0.369. The van der Waals surface area contributed by atoms with Crippen molar-refractivity contribution in [1.82, 2.24) is 10.1 Å².